The summed E-state index contributed by atoms with van der Waals surface area (Å²) in [6, 6.07) is 30.9. The van der Waals surface area contributed by atoms with E-state index in [0.717, 1.165) is 0 Å². The van der Waals surface area contributed by atoms with Gasteiger partial charge in [0.05, 0.1) is 11.4 Å². The number of para-hydroxylation sites is 4. The standard InChI is InChI=1S/C30H27N3O5/c31-25-13-7-8-14-26(25)33-28(35)20-19-27(37-24-11-5-2-6-12-24)29(21-15-17-23(34)18-16-21)38-30(36)32-22-9-3-1-4-10-22/h1-20,27,29,34H,31H2,(H,32,36)(H,33,35)/b20-19+/t27-,29-/m0/s1. The lowest BCUT2D eigenvalue weighted by molar-refractivity contribution is -0.112. The highest BCUT2D eigenvalue weighted by molar-refractivity contribution is 6.01. The fourth-order valence-electron chi connectivity index (χ4n) is 3.60. The highest BCUT2D eigenvalue weighted by Gasteiger charge is 2.28. The molecule has 0 bridgehead atoms. The third kappa shape index (κ3) is 7.38. The van der Waals surface area contributed by atoms with Crippen molar-refractivity contribution in [2.45, 2.75) is 12.2 Å². The highest BCUT2D eigenvalue weighted by Crippen LogP contribution is 2.29. The Kier molecular flexibility index (Phi) is 8.60. The fourth-order valence-corrected chi connectivity index (χ4v) is 3.60. The minimum atomic E-state index is -0.981. The van der Waals surface area contributed by atoms with E-state index in [1.165, 1.54) is 24.3 Å². The number of carbonyl (C=O) groups is 2. The molecule has 8 heteroatoms. The van der Waals surface area contributed by atoms with E-state index in [-0.39, 0.29) is 5.75 Å². The number of nitrogen functional groups attached to an aromatic ring is 1. The molecule has 0 aliphatic rings. The molecule has 0 saturated heterocycles. The van der Waals surface area contributed by atoms with Crippen molar-refractivity contribution in [3.8, 4) is 11.5 Å². The van der Waals surface area contributed by atoms with Gasteiger partial charge >= 0.3 is 6.09 Å². The molecule has 0 aliphatic carbocycles. The summed E-state index contributed by atoms with van der Waals surface area (Å²) in [6.07, 6.45) is 0.194. The summed E-state index contributed by atoms with van der Waals surface area (Å²) in [6.45, 7) is 0. The number of amides is 2. The highest BCUT2D eigenvalue weighted by atomic mass is 16.6. The van der Waals surface area contributed by atoms with E-state index in [9.17, 15) is 14.7 Å². The maximum Gasteiger partial charge on any atom is 0.412 e. The SMILES string of the molecule is Nc1ccccc1NC(=O)/C=C/[C@H](Oc1ccccc1)[C@@H](OC(=O)Nc1ccccc1)c1ccc(O)cc1. The number of hydrogen-bond acceptors (Lipinski definition) is 6. The minimum Gasteiger partial charge on any atom is -0.508 e. The predicted molar refractivity (Wildman–Crippen MR) is 147 cm³/mol. The number of hydrogen-bond donors (Lipinski definition) is 4. The average Bonchev–Trinajstić information content (AvgIpc) is 2.93. The summed E-state index contributed by atoms with van der Waals surface area (Å²) in [5.41, 5.74) is 7.93. The van der Waals surface area contributed by atoms with Crippen molar-refractivity contribution >= 4 is 29.1 Å². The van der Waals surface area contributed by atoms with Gasteiger partial charge in [-0.15, -0.1) is 0 Å². The molecule has 0 aromatic heterocycles. The molecule has 0 fully saturated rings. The van der Waals surface area contributed by atoms with Crippen molar-refractivity contribution in [1.29, 1.82) is 0 Å². The second kappa shape index (κ2) is 12.6. The van der Waals surface area contributed by atoms with Crippen molar-refractivity contribution in [1.82, 2.24) is 0 Å². The van der Waals surface area contributed by atoms with Crippen molar-refractivity contribution in [2.24, 2.45) is 0 Å². The number of carbonyl (C=O) groups excluding carboxylic acids is 2. The first-order valence-electron chi connectivity index (χ1n) is 11.8. The van der Waals surface area contributed by atoms with Crippen LogP contribution in [0.1, 0.15) is 11.7 Å². The molecule has 0 heterocycles. The maximum atomic E-state index is 12.9. The lowest BCUT2D eigenvalue weighted by Gasteiger charge is -2.26. The van der Waals surface area contributed by atoms with Crippen LogP contribution < -0.4 is 21.1 Å². The fraction of sp³-hybridized carbons (Fsp3) is 0.0667. The number of nitrogens with two attached hydrogens (primary N) is 1. The molecule has 2 amide bonds. The Balaban J connectivity index is 1.62. The van der Waals surface area contributed by atoms with Gasteiger partial charge in [0.25, 0.3) is 0 Å². The van der Waals surface area contributed by atoms with Gasteiger partial charge < -0.3 is 25.6 Å². The molecule has 2 atom stereocenters. The predicted octanol–water partition coefficient (Wildman–Crippen LogP) is 5.91. The Morgan fingerprint density at radius 1 is 0.789 bits per heavy atom. The molecule has 0 aliphatic heterocycles. The van der Waals surface area contributed by atoms with E-state index in [4.69, 9.17) is 15.2 Å². The second-order valence-electron chi connectivity index (χ2n) is 8.24. The van der Waals surface area contributed by atoms with Gasteiger partial charge in [0, 0.05) is 11.8 Å². The van der Waals surface area contributed by atoms with Crippen LogP contribution in [0.4, 0.5) is 21.9 Å². The third-order valence-corrected chi connectivity index (χ3v) is 5.45. The van der Waals surface area contributed by atoms with Gasteiger partial charge in [0.15, 0.2) is 12.2 Å². The molecular formula is C30H27N3O5. The van der Waals surface area contributed by atoms with E-state index in [1.807, 2.05) is 12.1 Å². The minimum absolute atomic E-state index is 0.0529. The van der Waals surface area contributed by atoms with Crippen LogP contribution in [0.3, 0.4) is 0 Å². The third-order valence-electron chi connectivity index (χ3n) is 5.45. The molecule has 192 valence electrons. The van der Waals surface area contributed by atoms with Crippen LogP contribution in [0.5, 0.6) is 11.5 Å². The normalized spacial score (nSPS) is 12.3. The van der Waals surface area contributed by atoms with E-state index >= 15 is 0 Å². The van der Waals surface area contributed by atoms with Crippen molar-refractivity contribution in [3.63, 3.8) is 0 Å². The smallest absolute Gasteiger partial charge is 0.412 e. The molecule has 4 aromatic rings. The zero-order valence-corrected chi connectivity index (χ0v) is 20.4. The van der Waals surface area contributed by atoms with E-state index in [1.54, 1.807) is 84.9 Å². The number of benzene rings is 4. The Morgan fingerprint density at radius 2 is 1.42 bits per heavy atom. The van der Waals surface area contributed by atoms with E-state index in [2.05, 4.69) is 10.6 Å². The molecule has 38 heavy (non-hydrogen) atoms. The summed E-state index contributed by atoms with van der Waals surface area (Å²) in [7, 11) is 0. The van der Waals surface area contributed by atoms with Crippen molar-refractivity contribution in [2.75, 3.05) is 16.4 Å². The van der Waals surface area contributed by atoms with Crippen LogP contribution in [0, 0.1) is 0 Å². The molecular weight excluding hydrogens is 482 g/mol. The monoisotopic (exact) mass is 509 g/mol. The van der Waals surface area contributed by atoms with Gasteiger partial charge in [-0.2, -0.15) is 0 Å². The number of rotatable bonds is 9. The van der Waals surface area contributed by atoms with E-state index < -0.39 is 24.2 Å². The quantitative estimate of drug-likeness (QED) is 0.164. The Hall–Kier alpha value is -5.24. The zero-order valence-electron chi connectivity index (χ0n) is 20.4. The molecule has 0 saturated carbocycles. The average molecular weight is 510 g/mol. The Bertz CT molecular complexity index is 1380. The van der Waals surface area contributed by atoms with Crippen LogP contribution >= 0.6 is 0 Å². The first-order chi connectivity index (χ1) is 18.5. The Morgan fingerprint density at radius 3 is 2.11 bits per heavy atom. The van der Waals surface area contributed by atoms with Crippen LogP contribution in [0.15, 0.2) is 121 Å². The van der Waals surface area contributed by atoms with Crippen LogP contribution in [0.2, 0.25) is 0 Å². The number of phenols is 1. The van der Waals surface area contributed by atoms with Gasteiger partial charge in [-0.3, -0.25) is 10.1 Å². The van der Waals surface area contributed by atoms with Crippen LogP contribution in [-0.2, 0) is 9.53 Å². The van der Waals surface area contributed by atoms with Crippen LogP contribution in [-0.4, -0.2) is 23.2 Å². The number of phenolic OH excluding ortho intramolecular Hbond substituents is 1. The zero-order chi connectivity index (χ0) is 26.7. The lowest BCUT2D eigenvalue weighted by atomic mass is 10.0. The molecule has 8 nitrogen and oxygen atoms in total. The molecule has 0 radical (unpaired) electrons. The summed E-state index contributed by atoms with van der Waals surface area (Å²) < 4.78 is 12.0. The van der Waals surface area contributed by atoms with Crippen LogP contribution in [0.25, 0.3) is 0 Å². The number of ether oxygens (including phenoxy) is 2. The summed E-state index contributed by atoms with van der Waals surface area (Å²) in [4.78, 5) is 25.6. The summed E-state index contributed by atoms with van der Waals surface area (Å²) >= 11 is 0. The molecule has 0 spiro atoms. The molecule has 0 unspecified atom stereocenters. The van der Waals surface area contributed by atoms with E-state index in [0.29, 0.717) is 28.4 Å². The topological polar surface area (TPSA) is 123 Å². The number of nitrogens with one attached hydrogen (secondary N) is 2. The number of anilines is 3. The largest absolute Gasteiger partial charge is 0.508 e. The Labute approximate surface area is 220 Å². The van der Waals surface area contributed by atoms with Crippen molar-refractivity contribution in [3.05, 3.63) is 127 Å². The van der Waals surface area contributed by atoms with Crippen molar-refractivity contribution < 1.29 is 24.2 Å². The number of aromatic hydroxyl groups is 1. The van der Waals surface area contributed by atoms with Gasteiger partial charge in [-0.25, -0.2) is 4.79 Å². The summed E-state index contributed by atoms with van der Waals surface area (Å²) in [5.74, 6) is 0.116. The first-order valence-corrected chi connectivity index (χ1v) is 11.8. The van der Waals surface area contributed by atoms with Gasteiger partial charge in [0.1, 0.15) is 11.5 Å². The molecule has 5 N–H and O–H groups in total. The maximum absolute atomic E-state index is 12.9. The van der Waals surface area contributed by atoms with Gasteiger partial charge in [-0.1, -0.05) is 60.7 Å². The van der Waals surface area contributed by atoms with Gasteiger partial charge in [0.2, 0.25) is 5.91 Å². The molecule has 4 aromatic carbocycles. The summed E-state index contributed by atoms with van der Waals surface area (Å²) in [5, 5.41) is 15.2. The first kappa shape index (κ1) is 25.8. The van der Waals surface area contributed by atoms with Gasteiger partial charge in [-0.05, 0) is 60.2 Å². The lowest BCUT2D eigenvalue weighted by Crippen LogP contribution is -2.30. The second-order valence-corrected chi connectivity index (χ2v) is 8.24. The molecule has 4 rings (SSSR count).